The molecule has 2 aliphatic carbocycles. The fourth-order valence-corrected chi connectivity index (χ4v) is 3.99. The Morgan fingerprint density at radius 2 is 0.900 bits per heavy atom. The number of benzene rings is 2. The van der Waals surface area contributed by atoms with E-state index in [0.29, 0.717) is 34.7 Å². The van der Waals surface area contributed by atoms with E-state index >= 15 is 0 Å². The fourth-order valence-electron chi connectivity index (χ4n) is 3.99. The molecule has 30 heavy (non-hydrogen) atoms. The van der Waals surface area contributed by atoms with Crippen molar-refractivity contribution in [2.24, 2.45) is 0 Å². The third-order valence-corrected chi connectivity index (χ3v) is 5.59. The maximum Gasteiger partial charge on any atom is 0.170 e. The minimum Gasteiger partial charge on any atom is -0.506 e. The minimum atomic E-state index is -0.349. The van der Waals surface area contributed by atoms with E-state index < -0.39 is 0 Å². The van der Waals surface area contributed by atoms with Crippen LogP contribution in [0.25, 0.3) is 22.3 Å². The number of aliphatic hydroxyl groups is 2. The summed E-state index contributed by atoms with van der Waals surface area (Å²) in [6, 6.07) is 9.85. The Kier molecular flexibility index (Phi) is 5.08. The highest BCUT2D eigenvalue weighted by molar-refractivity contribution is 6.26. The van der Waals surface area contributed by atoms with Gasteiger partial charge in [0, 0.05) is 36.8 Å². The molecule has 6 heteroatoms. The van der Waals surface area contributed by atoms with Gasteiger partial charge in [-0.2, -0.15) is 0 Å². The van der Waals surface area contributed by atoms with Crippen LogP contribution in [0, 0.1) is 0 Å². The molecule has 0 amide bonds. The fraction of sp³-hybridized carbons (Fsp3) is 0.250. The summed E-state index contributed by atoms with van der Waals surface area (Å²) >= 11 is 0. The normalized spacial score (nSPS) is 17.6. The van der Waals surface area contributed by atoms with Gasteiger partial charge in [-0.05, 0) is 35.7 Å². The highest BCUT2D eigenvalue weighted by atomic mass is 16.3. The summed E-state index contributed by atoms with van der Waals surface area (Å²) < 4.78 is 0. The van der Waals surface area contributed by atoms with E-state index in [1.807, 2.05) is 0 Å². The van der Waals surface area contributed by atoms with Crippen LogP contribution in [0.3, 0.4) is 0 Å². The molecule has 0 aromatic heterocycles. The van der Waals surface area contributed by atoms with E-state index in [1.165, 1.54) is 0 Å². The van der Waals surface area contributed by atoms with Gasteiger partial charge in [0.2, 0.25) is 0 Å². The van der Waals surface area contributed by atoms with Gasteiger partial charge in [-0.1, -0.05) is 24.3 Å². The Bertz CT molecular complexity index is 1050. The summed E-state index contributed by atoms with van der Waals surface area (Å²) in [4.78, 5) is 48.3. The summed E-state index contributed by atoms with van der Waals surface area (Å²) in [5.41, 5.74) is 0.422. The van der Waals surface area contributed by atoms with Crippen molar-refractivity contribution in [1.82, 2.24) is 0 Å². The summed E-state index contributed by atoms with van der Waals surface area (Å²) in [7, 11) is 0. The molecule has 0 atom stereocenters. The number of ketones is 4. The Hall–Kier alpha value is -3.54. The minimum absolute atomic E-state index is 0.145. The topological polar surface area (TPSA) is 109 Å². The predicted octanol–water partition coefficient (Wildman–Crippen LogP) is 4.02. The molecule has 2 N–H and O–H groups in total. The molecule has 2 aromatic rings. The lowest BCUT2D eigenvalue weighted by Gasteiger charge is -2.15. The molecule has 2 fully saturated rings. The first-order chi connectivity index (χ1) is 14.4. The quantitative estimate of drug-likeness (QED) is 0.445. The highest BCUT2D eigenvalue weighted by Gasteiger charge is 2.29. The molecule has 2 aromatic carbocycles. The molecule has 0 spiro atoms. The van der Waals surface area contributed by atoms with E-state index in [-0.39, 0.29) is 71.5 Å². The Balaban J connectivity index is 1.75. The van der Waals surface area contributed by atoms with Crippen LogP contribution in [-0.4, -0.2) is 33.3 Å². The number of aliphatic hydroxyl groups excluding tert-OH is 2. The van der Waals surface area contributed by atoms with Crippen molar-refractivity contribution >= 4 is 45.4 Å². The molecule has 0 unspecified atom stereocenters. The van der Waals surface area contributed by atoms with E-state index in [1.54, 1.807) is 36.4 Å². The van der Waals surface area contributed by atoms with Gasteiger partial charge in [0.15, 0.2) is 23.1 Å². The van der Waals surface area contributed by atoms with Crippen molar-refractivity contribution in [3.05, 3.63) is 58.7 Å². The second kappa shape index (κ2) is 7.71. The average molecular weight is 404 g/mol. The summed E-state index contributed by atoms with van der Waals surface area (Å²) in [6.45, 7) is 0. The lowest BCUT2D eigenvalue weighted by molar-refractivity contribution is -0.125. The molecular weight excluding hydrogens is 384 g/mol. The van der Waals surface area contributed by atoms with Gasteiger partial charge in [-0.3, -0.25) is 19.2 Å². The zero-order valence-corrected chi connectivity index (χ0v) is 16.2. The van der Waals surface area contributed by atoms with E-state index in [4.69, 9.17) is 0 Å². The van der Waals surface area contributed by atoms with Gasteiger partial charge in [-0.15, -0.1) is 0 Å². The van der Waals surface area contributed by atoms with Gasteiger partial charge >= 0.3 is 0 Å². The van der Waals surface area contributed by atoms with E-state index in [2.05, 4.69) is 0 Å². The van der Waals surface area contributed by atoms with Crippen molar-refractivity contribution in [3.8, 4) is 0 Å². The number of hydrogen-bond donors (Lipinski definition) is 2. The second-order valence-electron chi connectivity index (χ2n) is 7.62. The molecule has 2 saturated carbocycles. The van der Waals surface area contributed by atoms with Crippen LogP contribution in [0.5, 0.6) is 0 Å². The standard InChI is InChI=1S/C24H20O6/c25-17-3-1-4-18(26)21(17)23(29)15-9-7-14-12-16(10-8-13(14)11-15)24(30)22-19(27)5-2-6-20(22)28/h7-12,29-30H,1-6H2. The smallest absolute Gasteiger partial charge is 0.170 e. The lowest BCUT2D eigenvalue weighted by atomic mass is 9.88. The third kappa shape index (κ3) is 3.45. The zero-order chi connectivity index (χ0) is 21.4. The van der Waals surface area contributed by atoms with Gasteiger partial charge in [-0.25, -0.2) is 0 Å². The highest BCUT2D eigenvalue weighted by Crippen LogP contribution is 2.30. The average Bonchev–Trinajstić information content (AvgIpc) is 2.72. The van der Waals surface area contributed by atoms with E-state index in [9.17, 15) is 29.4 Å². The monoisotopic (exact) mass is 404 g/mol. The summed E-state index contributed by atoms with van der Waals surface area (Å²) in [5.74, 6) is -2.04. The molecule has 4 rings (SSSR count). The number of carbonyl (C=O) groups is 4. The summed E-state index contributed by atoms with van der Waals surface area (Å²) in [5, 5.41) is 22.5. The van der Waals surface area contributed by atoms with Crippen LogP contribution in [0.1, 0.15) is 49.7 Å². The van der Waals surface area contributed by atoms with Crippen molar-refractivity contribution in [2.75, 3.05) is 0 Å². The molecule has 0 aliphatic heterocycles. The second-order valence-corrected chi connectivity index (χ2v) is 7.62. The Morgan fingerprint density at radius 3 is 1.23 bits per heavy atom. The molecule has 0 heterocycles. The maximum absolute atomic E-state index is 12.1. The molecule has 152 valence electrons. The first kappa shape index (κ1) is 19.8. The number of allylic oxidation sites excluding steroid dienone is 2. The SMILES string of the molecule is O=C1CCCC(=O)C1=C(O)c1ccc2cc(C(O)=C3C(=O)CCCC3=O)ccc2c1. The molecular formula is C24H20O6. The van der Waals surface area contributed by atoms with Crippen molar-refractivity contribution in [1.29, 1.82) is 0 Å². The van der Waals surface area contributed by atoms with E-state index in [0.717, 1.165) is 0 Å². The largest absolute Gasteiger partial charge is 0.506 e. The van der Waals surface area contributed by atoms with Crippen LogP contribution in [0.2, 0.25) is 0 Å². The number of Topliss-reactive ketones (excluding diaryl/α,β-unsaturated/α-hetero) is 4. The van der Waals surface area contributed by atoms with Crippen LogP contribution in [-0.2, 0) is 19.2 Å². The van der Waals surface area contributed by atoms with Crippen molar-refractivity contribution in [2.45, 2.75) is 38.5 Å². The first-order valence-electron chi connectivity index (χ1n) is 9.90. The first-order valence-corrected chi connectivity index (χ1v) is 9.90. The Morgan fingerprint density at radius 1 is 0.567 bits per heavy atom. The van der Waals surface area contributed by atoms with Crippen LogP contribution >= 0.6 is 0 Å². The number of hydrogen-bond acceptors (Lipinski definition) is 6. The summed E-state index contributed by atoms with van der Waals surface area (Å²) in [6.07, 6.45) is 1.97. The molecule has 0 bridgehead atoms. The Labute approximate surface area is 172 Å². The van der Waals surface area contributed by atoms with Gasteiger partial charge < -0.3 is 10.2 Å². The van der Waals surface area contributed by atoms with Crippen molar-refractivity contribution < 1.29 is 29.4 Å². The van der Waals surface area contributed by atoms with Gasteiger partial charge in [0.05, 0.1) is 0 Å². The van der Waals surface area contributed by atoms with Crippen LogP contribution in [0.15, 0.2) is 47.5 Å². The number of rotatable bonds is 2. The molecule has 0 saturated heterocycles. The number of carbonyl (C=O) groups excluding carboxylic acids is 4. The van der Waals surface area contributed by atoms with Crippen LogP contribution in [0.4, 0.5) is 0 Å². The molecule has 0 radical (unpaired) electrons. The third-order valence-electron chi connectivity index (χ3n) is 5.59. The lowest BCUT2D eigenvalue weighted by Crippen LogP contribution is -2.20. The molecule has 2 aliphatic rings. The van der Waals surface area contributed by atoms with Gasteiger partial charge in [0.25, 0.3) is 0 Å². The van der Waals surface area contributed by atoms with Crippen molar-refractivity contribution in [3.63, 3.8) is 0 Å². The molecule has 6 nitrogen and oxygen atoms in total. The zero-order valence-electron chi connectivity index (χ0n) is 16.2. The predicted molar refractivity (Wildman–Crippen MR) is 111 cm³/mol. The number of fused-ring (bicyclic) bond motifs is 1. The maximum atomic E-state index is 12.1. The van der Waals surface area contributed by atoms with Gasteiger partial charge in [0.1, 0.15) is 22.7 Å². The van der Waals surface area contributed by atoms with Crippen LogP contribution < -0.4 is 0 Å².